The highest BCUT2D eigenvalue weighted by Crippen LogP contribution is 2.37. The Labute approximate surface area is 110 Å². The molecule has 0 aromatic heterocycles. The van der Waals surface area contributed by atoms with Crippen molar-refractivity contribution in [1.82, 2.24) is 5.32 Å². The Morgan fingerprint density at radius 2 is 2.12 bits per heavy atom. The zero-order chi connectivity index (χ0) is 12.1. The molecule has 1 N–H and O–H groups in total. The number of rotatable bonds is 3. The van der Waals surface area contributed by atoms with E-state index in [0.29, 0.717) is 10.8 Å². The van der Waals surface area contributed by atoms with Gasteiger partial charge in [0.05, 0.1) is 12.0 Å². The van der Waals surface area contributed by atoms with Gasteiger partial charge in [-0.25, -0.2) is 0 Å². The van der Waals surface area contributed by atoms with Gasteiger partial charge in [-0.15, -0.1) is 0 Å². The van der Waals surface area contributed by atoms with Crippen molar-refractivity contribution in [3.8, 4) is 6.07 Å². The van der Waals surface area contributed by atoms with Gasteiger partial charge in [-0.1, -0.05) is 19.3 Å². The number of nitrogens with one attached hydrogen (secondary N) is 1. The number of nitrogens with zero attached hydrogens (tertiary/aromatic N) is 1. The van der Waals surface area contributed by atoms with Crippen LogP contribution in [-0.4, -0.2) is 23.1 Å². The molecule has 2 aliphatic rings. The van der Waals surface area contributed by atoms with Crippen molar-refractivity contribution in [2.45, 2.75) is 62.7 Å². The number of nitriles is 1. The molecule has 1 aliphatic heterocycles. The molecule has 2 rings (SSSR count). The summed E-state index contributed by atoms with van der Waals surface area (Å²) >= 11 is 2.10. The monoisotopic (exact) mass is 252 g/mol. The third kappa shape index (κ3) is 3.63. The zero-order valence-corrected chi connectivity index (χ0v) is 11.7. The van der Waals surface area contributed by atoms with Crippen LogP contribution in [0.4, 0.5) is 0 Å². The van der Waals surface area contributed by atoms with Crippen molar-refractivity contribution < 1.29 is 0 Å². The van der Waals surface area contributed by atoms with Gasteiger partial charge in [0.15, 0.2) is 0 Å². The van der Waals surface area contributed by atoms with Gasteiger partial charge in [0, 0.05) is 17.3 Å². The molecule has 0 spiro atoms. The van der Waals surface area contributed by atoms with Gasteiger partial charge in [0.2, 0.25) is 0 Å². The molecule has 0 radical (unpaired) electrons. The molecule has 1 aliphatic carbocycles. The van der Waals surface area contributed by atoms with Crippen molar-refractivity contribution in [2.75, 3.05) is 12.3 Å². The zero-order valence-electron chi connectivity index (χ0n) is 10.9. The van der Waals surface area contributed by atoms with E-state index in [1.807, 2.05) is 0 Å². The molecule has 1 saturated carbocycles. The van der Waals surface area contributed by atoms with Gasteiger partial charge in [0.25, 0.3) is 0 Å². The lowest BCUT2D eigenvalue weighted by Gasteiger charge is -2.28. The summed E-state index contributed by atoms with van der Waals surface area (Å²) < 4.78 is 0.423. The fourth-order valence-corrected chi connectivity index (χ4v) is 4.29. The molecule has 2 nitrogen and oxygen atoms in total. The molecule has 1 heterocycles. The Morgan fingerprint density at radius 3 is 2.82 bits per heavy atom. The standard InChI is InChI=1S/C14H24N2S/c1-14(8-5-9-17-14)11-16-13-7-4-2-3-6-12(13)10-15/h12-13,16H,2-9,11H2,1H3. The Hall–Kier alpha value is -0.200. The van der Waals surface area contributed by atoms with E-state index < -0.39 is 0 Å². The highest BCUT2D eigenvalue weighted by atomic mass is 32.2. The van der Waals surface area contributed by atoms with Crippen molar-refractivity contribution >= 4 is 11.8 Å². The lowest BCUT2D eigenvalue weighted by atomic mass is 9.95. The first-order chi connectivity index (χ1) is 8.23. The van der Waals surface area contributed by atoms with E-state index in [4.69, 9.17) is 0 Å². The van der Waals surface area contributed by atoms with E-state index in [2.05, 4.69) is 30.1 Å². The Kier molecular flexibility index (Phi) is 4.76. The van der Waals surface area contributed by atoms with Gasteiger partial charge in [-0.3, -0.25) is 0 Å². The van der Waals surface area contributed by atoms with Crippen LogP contribution in [0.15, 0.2) is 0 Å². The van der Waals surface area contributed by atoms with E-state index in [9.17, 15) is 5.26 Å². The smallest absolute Gasteiger partial charge is 0.0672 e. The topological polar surface area (TPSA) is 35.8 Å². The van der Waals surface area contributed by atoms with E-state index >= 15 is 0 Å². The third-order valence-electron chi connectivity index (χ3n) is 4.22. The molecule has 3 heteroatoms. The molecule has 0 aromatic carbocycles. The van der Waals surface area contributed by atoms with Crippen LogP contribution in [0.1, 0.15) is 51.9 Å². The van der Waals surface area contributed by atoms with Crippen molar-refractivity contribution in [2.24, 2.45) is 5.92 Å². The average molecular weight is 252 g/mol. The predicted molar refractivity (Wildman–Crippen MR) is 74.1 cm³/mol. The summed E-state index contributed by atoms with van der Waals surface area (Å²) in [6, 6.07) is 2.96. The molecule has 17 heavy (non-hydrogen) atoms. The molecular weight excluding hydrogens is 228 g/mol. The minimum Gasteiger partial charge on any atom is -0.311 e. The second-order valence-electron chi connectivity index (χ2n) is 5.76. The van der Waals surface area contributed by atoms with Crippen molar-refractivity contribution in [3.05, 3.63) is 0 Å². The Balaban J connectivity index is 1.85. The predicted octanol–water partition coefficient (Wildman–Crippen LogP) is 3.33. The molecule has 1 saturated heterocycles. The maximum Gasteiger partial charge on any atom is 0.0672 e. The van der Waals surface area contributed by atoms with Gasteiger partial charge in [0.1, 0.15) is 0 Å². The Bertz CT molecular complexity index is 278. The summed E-state index contributed by atoms with van der Waals surface area (Å²) in [6.45, 7) is 3.45. The summed E-state index contributed by atoms with van der Waals surface area (Å²) in [4.78, 5) is 0. The molecule has 2 fully saturated rings. The van der Waals surface area contributed by atoms with E-state index in [0.717, 1.165) is 13.0 Å². The maximum absolute atomic E-state index is 9.25. The van der Waals surface area contributed by atoms with Gasteiger partial charge >= 0.3 is 0 Å². The summed E-state index contributed by atoms with van der Waals surface area (Å²) in [5.41, 5.74) is 0. The summed E-state index contributed by atoms with van der Waals surface area (Å²) in [5, 5.41) is 12.9. The fraction of sp³-hybridized carbons (Fsp3) is 0.929. The SMILES string of the molecule is CC1(CNC2CCCCCC2C#N)CCCS1. The van der Waals surface area contributed by atoms with Crippen LogP contribution in [0.5, 0.6) is 0 Å². The summed E-state index contributed by atoms with van der Waals surface area (Å²) in [7, 11) is 0. The highest BCUT2D eigenvalue weighted by molar-refractivity contribution is 8.00. The van der Waals surface area contributed by atoms with Crippen LogP contribution < -0.4 is 5.32 Å². The quantitative estimate of drug-likeness (QED) is 0.783. The second-order valence-corrected chi connectivity index (χ2v) is 7.45. The molecule has 3 unspecified atom stereocenters. The van der Waals surface area contributed by atoms with Crippen LogP contribution in [-0.2, 0) is 0 Å². The molecule has 96 valence electrons. The second kappa shape index (κ2) is 6.11. The number of thioether (sulfide) groups is 1. The lowest BCUT2D eigenvalue weighted by molar-refractivity contribution is 0.375. The van der Waals surface area contributed by atoms with Crippen LogP contribution in [0.2, 0.25) is 0 Å². The van der Waals surface area contributed by atoms with Crippen LogP contribution in [0.3, 0.4) is 0 Å². The minimum absolute atomic E-state index is 0.243. The van der Waals surface area contributed by atoms with Gasteiger partial charge in [-0.2, -0.15) is 17.0 Å². The van der Waals surface area contributed by atoms with E-state index in [1.165, 1.54) is 44.3 Å². The lowest BCUT2D eigenvalue weighted by Crippen LogP contribution is -2.42. The van der Waals surface area contributed by atoms with Crippen LogP contribution in [0, 0.1) is 17.2 Å². The van der Waals surface area contributed by atoms with Crippen molar-refractivity contribution in [1.29, 1.82) is 5.26 Å². The van der Waals surface area contributed by atoms with E-state index in [-0.39, 0.29) is 5.92 Å². The normalized spacial score (nSPS) is 38.6. The molecular formula is C14H24N2S. The first kappa shape index (κ1) is 13.2. The molecule has 0 bridgehead atoms. The largest absolute Gasteiger partial charge is 0.311 e. The highest BCUT2D eigenvalue weighted by Gasteiger charge is 2.31. The summed E-state index contributed by atoms with van der Waals surface area (Å²) in [5.74, 6) is 1.55. The van der Waals surface area contributed by atoms with Crippen LogP contribution in [0.25, 0.3) is 0 Å². The minimum atomic E-state index is 0.243. The average Bonchev–Trinajstić information content (AvgIpc) is 2.64. The van der Waals surface area contributed by atoms with Gasteiger partial charge in [-0.05, 0) is 38.4 Å². The molecule has 0 aromatic rings. The fourth-order valence-electron chi connectivity index (χ4n) is 3.03. The maximum atomic E-state index is 9.25. The third-order valence-corrected chi connectivity index (χ3v) is 5.76. The summed E-state index contributed by atoms with van der Waals surface area (Å²) in [6.07, 6.45) is 8.81. The van der Waals surface area contributed by atoms with Crippen molar-refractivity contribution in [3.63, 3.8) is 0 Å². The first-order valence-electron chi connectivity index (χ1n) is 7.00. The number of hydrogen-bond donors (Lipinski definition) is 1. The van der Waals surface area contributed by atoms with Crippen LogP contribution >= 0.6 is 11.8 Å². The van der Waals surface area contributed by atoms with Gasteiger partial charge < -0.3 is 5.32 Å². The van der Waals surface area contributed by atoms with E-state index in [1.54, 1.807) is 0 Å². The molecule has 0 amide bonds. The Morgan fingerprint density at radius 1 is 1.29 bits per heavy atom. The molecule has 3 atom stereocenters. The number of hydrogen-bond acceptors (Lipinski definition) is 3. The first-order valence-corrected chi connectivity index (χ1v) is 7.99.